The predicted molar refractivity (Wildman–Crippen MR) is 86.0 cm³/mol. The number of allylic oxidation sites excluding steroid dienone is 3. The largest absolute Gasteiger partial charge is 0.459 e. The van der Waals surface area contributed by atoms with Crippen molar-refractivity contribution in [3.8, 4) is 0 Å². The molecule has 0 unspecified atom stereocenters. The van der Waals surface area contributed by atoms with E-state index in [1.54, 1.807) is 0 Å². The molecule has 0 aromatic rings. The number of ether oxygens (including phenoxy) is 1. The molecule has 0 spiro atoms. The number of carbonyl (C=O) groups excluding carboxylic acids is 1. The molecule has 0 aromatic heterocycles. The second kappa shape index (κ2) is 11.6. The lowest BCUT2D eigenvalue weighted by Crippen LogP contribution is -2.30. The van der Waals surface area contributed by atoms with Gasteiger partial charge < -0.3 is 9.84 Å². The van der Waals surface area contributed by atoms with Gasteiger partial charge in [-0.05, 0) is 32.1 Å². The average Bonchev–Trinajstić information content (AvgIpc) is 2.48. The van der Waals surface area contributed by atoms with Crippen molar-refractivity contribution in [1.29, 1.82) is 0 Å². The first-order valence-electron chi connectivity index (χ1n) is 8.41. The minimum atomic E-state index is -0.576. The zero-order valence-corrected chi connectivity index (χ0v) is 13.3. The van der Waals surface area contributed by atoms with Gasteiger partial charge in [0, 0.05) is 12.8 Å². The minimum Gasteiger partial charge on any atom is -0.459 e. The summed E-state index contributed by atoms with van der Waals surface area (Å²) in [5.74, 6) is -0.173. The Labute approximate surface area is 129 Å². The van der Waals surface area contributed by atoms with Gasteiger partial charge in [-0.25, -0.2) is 0 Å². The van der Waals surface area contributed by atoms with Gasteiger partial charge in [-0.3, -0.25) is 4.79 Å². The normalized spacial score (nSPS) is 27.5. The second-order valence-corrected chi connectivity index (χ2v) is 5.72. The standard InChI is InChI=1S/C18H30O3/c1-2-16(19)17-14-12-10-8-6-4-3-5-7-9-11-13-15-18(20)21-17/h4,6,10,12,16-17,19H,2-3,5,7-9,11,13-15H2,1H3/b6-4-,12-10-/t16-,17-/m0/s1. The van der Waals surface area contributed by atoms with Gasteiger partial charge in [0.2, 0.25) is 0 Å². The lowest BCUT2D eigenvalue weighted by Gasteiger charge is -2.21. The van der Waals surface area contributed by atoms with Crippen molar-refractivity contribution < 1.29 is 14.6 Å². The second-order valence-electron chi connectivity index (χ2n) is 5.72. The molecule has 21 heavy (non-hydrogen) atoms. The maximum Gasteiger partial charge on any atom is 0.306 e. The van der Waals surface area contributed by atoms with E-state index in [-0.39, 0.29) is 5.97 Å². The Hall–Kier alpha value is -1.09. The summed E-state index contributed by atoms with van der Waals surface area (Å²) in [6, 6.07) is 0. The third-order valence-electron chi connectivity index (χ3n) is 3.86. The number of hydrogen-bond donors (Lipinski definition) is 1. The molecule has 0 radical (unpaired) electrons. The molecular formula is C18H30O3. The van der Waals surface area contributed by atoms with Crippen LogP contribution in [-0.2, 0) is 9.53 Å². The Morgan fingerprint density at radius 1 is 1.14 bits per heavy atom. The van der Waals surface area contributed by atoms with Gasteiger partial charge in [0.15, 0.2) is 0 Å². The van der Waals surface area contributed by atoms with Crippen molar-refractivity contribution in [1.82, 2.24) is 0 Å². The fraction of sp³-hybridized carbons (Fsp3) is 0.722. The number of aliphatic hydroxyl groups excluding tert-OH is 1. The Morgan fingerprint density at radius 2 is 1.86 bits per heavy atom. The molecule has 2 atom stereocenters. The summed E-state index contributed by atoms with van der Waals surface area (Å²) >= 11 is 0. The quantitative estimate of drug-likeness (QED) is 0.610. The van der Waals surface area contributed by atoms with Crippen molar-refractivity contribution >= 4 is 5.97 Å². The highest BCUT2D eigenvalue weighted by atomic mass is 16.6. The molecule has 0 aromatic carbocycles. The molecule has 120 valence electrons. The van der Waals surface area contributed by atoms with Crippen LogP contribution >= 0.6 is 0 Å². The smallest absolute Gasteiger partial charge is 0.306 e. The van der Waals surface area contributed by atoms with Crippen LogP contribution in [0.25, 0.3) is 0 Å². The van der Waals surface area contributed by atoms with E-state index in [4.69, 9.17) is 4.74 Å². The van der Waals surface area contributed by atoms with Crippen molar-refractivity contribution in [2.75, 3.05) is 0 Å². The van der Waals surface area contributed by atoms with Gasteiger partial charge >= 0.3 is 5.97 Å². The van der Waals surface area contributed by atoms with Crippen molar-refractivity contribution in [2.45, 2.75) is 83.3 Å². The Balaban J connectivity index is 2.55. The molecule has 1 N–H and O–H groups in total. The van der Waals surface area contributed by atoms with Crippen LogP contribution in [-0.4, -0.2) is 23.3 Å². The van der Waals surface area contributed by atoms with E-state index in [2.05, 4.69) is 18.2 Å². The maximum atomic E-state index is 11.8. The third kappa shape index (κ3) is 8.71. The van der Waals surface area contributed by atoms with Crippen LogP contribution in [0, 0.1) is 0 Å². The van der Waals surface area contributed by atoms with Crippen LogP contribution in [0.15, 0.2) is 24.3 Å². The maximum absolute atomic E-state index is 11.8. The third-order valence-corrected chi connectivity index (χ3v) is 3.86. The predicted octanol–water partition coefficient (Wildman–Crippen LogP) is 4.31. The number of rotatable bonds is 2. The highest BCUT2D eigenvalue weighted by Crippen LogP contribution is 2.13. The number of hydrogen-bond acceptors (Lipinski definition) is 3. The summed E-state index contributed by atoms with van der Waals surface area (Å²) < 4.78 is 5.45. The van der Waals surface area contributed by atoms with E-state index in [9.17, 15) is 9.90 Å². The van der Waals surface area contributed by atoms with Crippen molar-refractivity contribution in [3.05, 3.63) is 24.3 Å². The van der Waals surface area contributed by atoms with Crippen molar-refractivity contribution in [2.24, 2.45) is 0 Å². The summed E-state index contributed by atoms with van der Waals surface area (Å²) in [4.78, 5) is 11.8. The van der Waals surface area contributed by atoms with Gasteiger partial charge in [0.25, 0.3) is 0 Å². The fourth-order valence-corrected chi connectivity index (χ4v) is 2.46. The van der Waals surface area contributed by atoms with E-state index in [0.29, 0.717) is 19.3 Å². The van der Waals surface area contributed by atoms with Crippen LogP contribution in [0.3, 0.4) is 0 Å². The topological polar surface area (TPSA) is 46.5 Å². The highest BCUT2D eigenvalue weighted by Gasteiger charge is 2.20. The summed E-state index contributed by atoms with van der Waals surface area (Å²) in [5, 5.41) is 9.96. The molecule has 0 aliphatic carbocycles. The summed E-state index contributed by atoms with van der Waals surface area (Å²) in [7, 11) is 0. The molecule has 0 saturated heterocycles. The molecule has 1 heterocycles. The number of carbonyl (C=O) groups is 1. The molecule has 1 rings (SSSR count). The molecular weight excluding hydrogens is 264 g/mol. The number of cyclic esters (lactones) is 1. The molecule has 3 nitrogen and oxygen atoms in total. The Morgan fingerprint density at radius 3 is 2.67 bits per heavy atom. The number of esters is 1. The average molecular weight is 294 g/mol. The van der Waals surface area contributed by atoms with Gasteiger partial charge in [0.05, 0.1) is 6.10 Å². The molecule has 0 amide bonds. The summed E-state index contributed by atoms with van der Waals surface area (Å²) in [6.07, 6.45) is 16.9. The van der Waals surface area contributed by atoms with E-state index in [1.165, 1.54) is 19.3 Å². The SMILES string of the molecule is CC[C@H](O)[C@@H]1C/C=C\C/C=C\CCCCCCCC(=O)O1. The molecule has 0 bridgehead atoms. The first kappa shape index (κ1) is 18.0. The van der Waals surface area contributed by atoms with Gasteiger partial charge in [0.1, 0.15) is 6.10 Å². The van der Waals surface area contributed by atoms with Crippen LogP contribution in [0.1, 0.15) is 71.1 Å². The van der Waals surface area contributed by atoms with E-state index in [0.717, 1.165) is 25.7 Å². The van der Waals surface area contributed by atoms with Crippen LogP contribution in [0.2, 0.25) is 0 Å². The monoisotopic (exact) mass is 294 g/mol. The zero-order valence-electron chi connectivity index (χ0n) is 13.3. The Bertz CT molecular complexity index is 333. The van der Waals surface area contributed by atoms with Crippen LogP contribution in [0.4, 0.5) is 0 Å². The molecule has 1 aliphatic rings. The molecule has 3 heteroatoms. The molecule has 0 saturated carbocycles. The first-order chi connectivity index (χ1) is 10.2. The zero-order chi connectivity index (χ0) is 15.3. The fourth-order valence-electron chi connectivity index (χ4n) is 2.46. The molecule has 1 aliphatic heterocycles. The van der Waals surface area contributed by atoms with E-state index >= 15 is 0 Å². The first-order valence-corrected chi connectivity index (χ1v) is 8.41. The van der Waals surface area contributed by atoms with Gasteiger partial charge in [-0.15, -0.1) is 0 Å². The van der Waals surface area contributed by atoms with E-state index < -0.39 is 12.2 Å². The lowest BCUT2D eigenvalue weighted by atomic mass is 10.1. The minimum absolute atomic E-state index is 0.173. The van der Waals surface area contributed by atoms with Crippen molar-refractivity contribution in [3.63, 3.8) is 0 Å². The van der Waals surface area contributed by atoms with E-state index in [1.807, 2.05) is 13.0 Å². The van der Waals surface area contributed by atoms with Gasteiger partial charge in [-0.1, -0.05) is 50.5 Å². The highest BCUT2D eigenvalue weighted by molar-refractivity contribution is 5.69. The summed E-state index contributed by atoms with van der Waals surface area (Å²) in [6.45, 7) is 1.91. The molecule has 0 fully saturated rings. The lowest BCUT2D eigenvalue weighted by molar-refractivity contribution is -0.155. The Kier molecular flexibility index (Phi) is 9.88. The summed E-state index contributed by atoms with van der Waals surface area (Å²) in [5.41, 5.74) is 0. The van der Waals surface area contributed by atoms with Crippen LogP contribution < -0.4 is 0 Å². The van der Waals surface area contributed by atoms with Gasteiger partial charge in [-0.2, -0.15) is 0 Å². The van der Waals surface area contributed by atoms with Crippen LogP contribution in [0.5, 0.6) is 0 Å². The number of aliphatic hydroxyl groups is 1.